The number of carbonyl (C=O) groups is 1. The summed E-state index contributed by atoms with van der Waals surface area (Å²) < 4.78 is 11.3. The highest BCUT2D eigenvalue weighted by Gasteiger charge is 2.42. The van der Waals surface area contributed by atoms with Gasteiger partial charge < -0.3 is 20.1 Å². The molecule has 1 amide bonds. The van der Waals surface area contributed by atoms with E-state index in [0.29, 0.717) is 18.3 Å². The van der Waals surface area contributed by atoms with Crippen LogP contribution >= 0.6 is 23.1 Å². The van der Waals surface area contributed by atoms with Crippen molar-refractivity contribution in [3.8, 4) is 5.75 Å². The summed E-state index contributed by atoms with van der Waals surface area (Å²) in [6.07, 6.45) is 6.98. The SMILES string of the molecule is C=C[C@H]1C[N@]2CC[C@H]1C[C@@H]2[C@@H](O)c1ccnc2ccc(OC)cc12.O=C1Cc2cc(CCN3CCN(c4nsc5ccccc45)CC3)c(Cl)cc2N1. The molecule has 0 saturated carbocycles. The van der Waals surface area contributed by atoms with Crippen LogP contribution in [0.5, 0.6) is 5.75 Å². The van der Waals surface area contributed by atoms with Crippen LogP contribution in [0.25, 0.3) is 21.0 Å². The molecule has 10 rings (SSSR count). The molecule has 0 unspecified atom stereocenters. The summed E-state index contributed by atoms with van der Waals surface area (Å²) in [5, 5.41) is 17.0. The number of rotatable bonds is 8. The van der Waals surface area contributed by atoms with Crippen molar-refractivity contribution in [2.45, 2.75) is 37.8 Å². The van der Waals surface area contributed by atoms with Crippen LogP contribution in [0.2, 0.25) is 5.02 Å². The van der Waals surface area contributed by atoms with Gasteiger partial charge in [-0.05, 0) is 108 Å². The number of pyridine rings is 1. The van der Waals surface area contributed by atoms with Crippen molar-refractivity contribution in [1.82, 2.24) is 19.2 Å². The van der Waals surface area contributed by atoms with Crippen LogP contribution < -0.4 is 15.0 Å². The normalized spacial score (nSPS) is 23.2. The molecule has 3 aromatic carbocycles. The van der Waals surface area contributed by atoms with E-state index in [1.807, 2.05) is 30.3 Å². The first-order valence-corrected chi connectivity index (χ1v) is 19.4. The van der Waals surface area contributed by atoms with Crippen LogP contribution in [0.1, 0.15) is 35.6 Å². The van der Waals surface area contributed by atoms with E-state index in [-0.39, 0.29) is 11.9 Å². The second-order valence-electron chi connectivity index (χ2n) is 14.4. The number of halogens is 1. The van der Waals surface area contributed by atoms with Crippen LogP contribution in [-0.4, -0.2) is 89.1 Å². The molecule has 270 valence electrons. The highest BCUT2D eigenvalue weighted by Crippen LogP contribution is 2.42. The van der Waals surface area contributed by atoms with Crippen molar-refractivity contribution in [2.75, 3.05) is 63.1 Å². The maximum atomic E-state index is 11.6. The van der Waals surface area contributed by atoms with Crippen molar-refractivity contribution in [2.24, 2.45) is 11.8 Å². The number of hydrogen-bond acceptors (Lipinski definition) is 9. The maximum absolute atomic E-state index is 11.6. The fourth-order valence-corrected chi connectivity index (χ4v) is 9.55. The van der Waals surface area contributed by atoms with E-state index in [1.165, 1.54) is 16.5 Å². The van der Waals surface area contributed by atoms with E-state index in [1.54, 1.807) is 24.8 Å². The lowest BCUT2D eigenvalue weighted by atomic mass is 9.73. The first kappa shape index (κ1) is 35.0. The van der Waals surface area contributed by atoms with Crippen molar-refractivity contribution in [1.29, 1.82) is 0 Å². The van der Waals surface area contributed by atoms with Crippen LogP contribution in [0.3, 0.4) is 0 Å². The number of benzene rings is 3. The number of piperazine rings is 1. The molecule has 5 aliphatic heterocycles. The Hall–Kier alpha value is -4.06. The minimum Gasteiger partial charge on any atom is -0.497 e. The van der Waals surface area contributed by atoms with Gasteiger partial charge in [-0.3, -0.25) is 19.6 Å². The van der Waals surface area contributed by atoms with Crippen LogP contribution in [0, 0.1) is 11.8 Å². The lowest BCUT2D eigenvalue weighted by molar-refractivity contribution is -0.115. The molecule has 5 aromatic rings. The van der Waals surface area contributed by atoms with E-state index < -0.39 is 6.10 Å². The summed E-state index contributed by atoms with van der Waals surface area (Å²) in [5.41, 5.74) is 4.90. The zero-order valence-electron chi connectivity index (χ0n) is 29.5. The van der Waals surface area contributed by atoms with E-state index in [2.05, 4.69) is 72.4 Å². The number of piperidine rings is 3. The number of amides is 1. The standard InChI is InChI=1S/C21H21ClN4OS.C20H24N2O2/c22-17-13-18-15(12-20(27)23-18)11-14(17)5-6-25-7-9-26(10-8-25)21-16-3-1-2-4-19(16)28-24-21;1-3-13-12-22-9-7-14(13)10-19(22)20(23)16-6-8-21-18-5-4-15(24-2)11-17(16)18/h1-4,11,13H,5-10,12H2,(H,23,27);3-6,8,11,13-14,19-20,23H,1,7,9-10,12H2,2H3/t;13-,14-,19+,20-/m.0/s1. The topological polar surface area (TPSA) is 94.1 Å². The molecule has 4 saturated heterocycles. The molecule has 0 spiro atoms. The molecule has 5 aliphatic rings. The zero-order chi connectivity index (χ0) is 35.8. The minimum absolute atomic E-state index is 0.0499. The van der Waals surface area contributed by atoms with Crippen LogP contribution in [0.15, 0.2) is 79.5 Å². The summed E-state index contributed by atoms with van der Waals surface area (Å²) in [5.74, 6) is 3.18. The summed E-state index contributed by atoms with van der Waals surface area (Å²) in [7, 11) is 1.66. The van der Waals surface area contributed by atoms with Gasteiger partial charge in [-0.25, -0.2) is 0 Å². The third kappa shape index (κ3) is 7.02. The lowest BCUT2D eigenvalue weighted by Gasteiger charge is -2.50. The van der Waals surface area contributed by atoms with Crippen molar-refractivity contribution in [3.05, 3.63) is 101 Å². The monoisotopic (exact) mass is 736 g/mol. The van der Waals surface area contributed by atoms with Crippen LogP contribution in [-0.2, 0) is 17.6 Å². The molecule has 4 fully saturated rings. The van der Waals surface area contributed by atoms with Gasteiger partial charge in [-0.15, -0.1) is 6.58 Å². The Balaban J connectivity index is 0.000000151. The van der Waals surface area contributed by atoms with Crippen molar-refractivity contribution < 1.29 is 14.6 Å². The molecule has 2 bridgehead atoms. The van der Waals surface area contributed by atoms with Gasteiger partial charge in [-0.2, -0.15) is 4.37 Å². The molecule has 0 aliphatic carbocycles. The quantitative estimate of drug-likeness (QED) is 0.165. The van der Waals surface area contributed by atoms with Gasteiger partial charge >= 0.3 is 0 Å². The van der Waals surface area contributed by atoms with Gasteiger partial charge in [0.2, 0.25) is 5.91 Å². The smallest absolute Gasteiger partial charge is 0.228 e. The zero-order valence-corrected chi connectivity index (χ0v) is 31.1. The number of ether oxygens (including phenoxy) is 1. The molecule has 11 heteroatoms. The van der Waals surface area contributed by atoms with E-state index in [0.717, 1.165) is 109 Å². The number of methoxy groups -OCH3 is 1. The number of anilines is 2. The molecule has 2 aromatic heterocycles. The lowest BCUT2D eigenvalue weighted by Crippen LogP contribution is -2.54. The van der Waals surface area contributed by atoms with E-state index >= 15 is 0 Å². The van der Waals surface area contributed by atoms with Gasteiger partial charge in [0.05, 0.1) is 29.9 Å². The highest BCUT2D eigenvalue weighted by atomic mass is 35.5. The summed E-state index contributed by atoms with van der Waals surface area (Å²) in [4.78, 5) is 23.3. The number of aliphatic hydroxyl groups excluding tert-OH is 1. The van der Waals surface area contributed by atoms with Gasteiger partial charge in [0, 0.05) is 73.0 Å². The highest BCUT2D eigenvalue weighted by molar-refractivity contribution is 7.13. The number of hydrogen-bond donors (Lipinski definition) is 2. The van der Waals surface area contributed by atoms with E-state index in [9.17, 15) is 9.90 Å². The third-order valence-corrected chi connectivity index (χ3v) is 12.6. The summed E-state index contributed by atoms with van der Waals surface area (Å²) in [6.45, 7) is 11.1. The predicted molar refractivity (Wildman–Crippen MR) is 211 cm³/mol. The number of nitrogens with zero attached hydrogens (tertiary/aromatic N) is 5. The van der Waals surface area contributed by atoms with E-state index in [4.69, 9.17) is 16.3 Å². The number of aliphatic hydroxyl groups is 1. The van der Waals surface area contributed by atoms with Gasteiger partial charge in [-0.1, -0.05) is 35.9 Å². The Bertz CT molecular complexity index is 2100. The Labute approximate surface area is 314 Å². The fourth-order valence-electron chi connectivity index (χ4n) is 8.50. The molecule has 5 atom stereocenters. The minimum atomic E-state index is -0.504. The average Bonchev–Trinajstić information content (AvgIpc) is 3.79. The maximum Gasteiger partial charge on any atom is 0.228 e. The molecule has 52 heavy (non-hydrogen) atoms. The van der Waals surface area contributed by atoms with Crippen molar-refractivity contribution >= 4 is 61.5 Å². The molecular weight excluding hydrogens is 692 g/mol. The number of nitrogens with one attached hydrogen (secondary N) is 1. The van der Waals surface area contributed by atoms with Crippen molar-refractivity contribution in [3.63, 3.8) is 0 Å². The first-order chi connectivity index (χ1) is 25.4. The Kier molecular flexibility index (Phi) is 10.2. The third-order valence-electron chi connectivity index (χ3n) is 11.4. The number of fused-ring (bicyclic) bond motifs is 6. The largest absolute Gasteiger partial charge is 0.497 e. The predicted octanol–water partition coefficient (Wildman–Crippen LogP) is 6.98. The summed E-state index contributed by atoms with van der Waals surface area (Å²) >= 11 is 8.01. The molecule has 2 N–H and O–H groups in total. The molecule has 0 radical (unpaired) electrons. The average molecular weight is 737 g/mol. The Morgan fingerprint density at radius 1 is 1.10 bits per heavy atom. The number of aromatic nitrogens is 2. The Morgan fingerprint density at radius 2 is 1.94 bits per heavy atom. The first-order valence-electron chi connectivity index (χ1n) is 18.3. The Morgan fingerprint density at radius 3 is 2.73 bits per heavy atom. The second kappa shape index (κ2) is 15.1. The van der Waals surface area contributed by atoms with Gasteiger partial charge in [0.25, 0.3) is 0 Å². The van der Waals surface area contributed by atoms with Gasteiger partial charge in [0.1, 0.15) is 11.6 Å². The number of carbonyl (C=O) groups excluding carboxylic acids is 1. The summed E-state index contributed by atoms with van der Waals surface area (Å²) in [6, 6.07) is 20.4. The van der Waals surface area contributed by atoms with Crippen LogP contribution in [0.4, 0.5) is 11.5 Å². The molecule has 9 nitrogen and oxygen atoms in total. The molecule has 7 heterocycles. The fraction of sp³-hybridized carbons (Fsp3) is 0.390. The second-order valence-corrected chi connectivity index (χ2v) is 15.6. The molecular formula is C41H45ClN6O3S. The van der Waals surface area contributed by atoms with Gasteiger partial charge in [0.15, 0.2) is 0 Å².